The number of para-hydroxylation sites is 1. The Morgan fingerprint density at radius 3 is 2.64 bits per heavy atom. The molecule has 0 spiro atoms. The molecule has 1 fully saturated rings. The van der Waals surface area contributed by atoms with Gasteiger partial charge in [0.25, 0.3) is 0 Å². The van der Waals surface area contributed by atoms with E-state index in [4.69, 9.17) is 9.84 Å². The minimum atomic E-state index is -0.637. The van der Waals surface area contributed by atoms with Gasteiger partial charge in [0.1, 0.15) is 23.1 Å². The molecule has 2 aromatic carbocycles. The van der Waals surface area contributed by atoms with Gasteiger partial charge in [-0.05, 0) is 30.7 Å². The van der Waals surface area contributed by atoms with Crippen LogP contribution in [0.2, 0.25) is 0 Å². The molecule has 1 aliphatic rings. The first-order valence-electron chi connectivity index (χ1n) is 12.7. The smallest absolute Gasteiger partial charge is 0.320 e. The van der Waals surface area contributed by atoms with Crippen molar-refractivity contribution in [2.24, 2.45) is 7.05 Å². The number of amides is 2. The van der Waals surface area contributed by atoms with Crippen molar-refractivity contribution < 1.29 is 18.3 Å². The van der Waals surface area contributed by atoms with Gasteiger partial charge in [0.05, 0.1) is 24.5 Å². The van der Waals surface area contributed by atoms with Crippen LogP contribution in [0.1, 0.15) is 17.0 Å². The van der Waals surface area contributed by atoms with E-state index in [0.717, 1.165) is 22.9 Å². The monoisotopic (exact) mass is 535 g/mol. The highest BCUT2D eigenvalue weighted by Gasteiger charge is 2.36. The van der Waals surface area contributed by atoms with Crippen LogP contribution in [0.15, 0.2) is 60.9 Å². The van der Waals surface area contributed by atoms with E-state index in [1.54, 1.807) is 22.7 Å². The molecule has 0 saturated carbocycles. The summed E-state index contributed by atoms with van der Waals surface area (Å²) in [7, 11) is 3.45. The first-order valence-corrected chi connectivity index (χ1v) is 12.7. The van der Waals surface area contributed by atoms with Gasteiger partial charge in [0.2, 0.25) is 0 Å². The Morgan fingerprint density at radius 1 is 1.15 bits per heavy atom. The van der Waals surface area contributed by atoms with Gasteiger partial charge >= 0.3 is 6.03 Å². The van der Waals surface area contributed by atoms with Gasteiger partial charge in [-0.3, -0.25) is 14.9 Å². The second-order valence-corrected chi connectivity index (χ2v) is 9.70. The second kappa shape index (κ2) is 11.3. The largest absolute Gasteiger partial charge is 0.383 e. The summed E-state index contributed by atoms with van der Waals surface area (Å²) >= 11 is 0. The molecule has 0 aliphatic carbocycles. The summed E-state index contributed by atoms with van der Waals surface area (Å²) in [5, 5.41) is 15.1. The van der Waals surface area contributed by atoms with Crippen molar-refractivity contribution >= 4 is 11.8 Å². The summed E-state index contributed by atoms with van der Waals surface area (Å²) < 4.78 is 37.0. The number of likely N-dealkylation sites (tertiary alicyclic amines) is 1. The molecule has 0 radical (unpaired) electrons. The Hall–Kier alpha value is -4.09. The average molecular weight is 536 g/mol. The fourth-order valence-electron chi connectivity index (χ4n) is 5.08. The maximum atomic E-state index is 14.8. The number of hydrogen-bond acceptors (Lipinski definition) is 5. The lowest BCUT2D eigenvalue weighted by atomic mass is 9.94. The molecule has 11 heteroatoms. The van der Waals surface area contributed by atoms with Crippen LogP contribution in [-0.4, -0.2) is 69.9 Å². The lowest BCUT2D eigenvalue weighted by Gasteiger charge is -2.21. The number of anilines is 1. The predicted molar refractivity (Wildman–Crippen MR) is 144 cm³/mol. The van der Waals surface area contributed by atoms with Crippen molar-refractivity contribution in [2.45, 2.75) is 18.9 Å². The summed E-state index contributed by atoms with van der Waals surface area (Å²) in [6.07, 6.45) is 3.59. The third kappa shape index (κ3) is 5.69. The van der Waals surface area contributed by atoms with E-state index >= 15 is 0 Å². The molecule has 4 aromatic rings. The number of ether oxygens (including phenoxy) is 1. The number of carbonyl (C=O) groups is 1. The summed E-state index contributed by atoms with van der Waals surface area (Å²) in [5.74, 6) is -1.11. The molecule has 2 unspecified atom stereocenters. The highest BCUT2D eigenvalue weighted by molar-refractivity contribution is 5.91. The van der Waals surface area contributed by atoms with Gasteiger partial charge < -0.3 is 10.1 Å². The number of carbonyl (C=O) groups excluding carboxylic acids is 1. The van der Waals surface area contributed by atoms with Crippen LogP contribution >= 0.6 is 0 Å². The minimum Gasteiger partial charge on any atom is -0.383 e. The summed E-state index contributed by atoms with van der Waals surface area (Å²) in [4.78, 5) is 15.5. The topological polar surface area (TPSA) is 89.2 Å². The molecule has 2 atom stereocenters. The molecule has 0 bridgehead atoms. The minimum absolute atomic E-state index is 0.362. The van der Waals surface area contributed by atoms with Crippen LogP contribution in [0.3, 0.4) is 0 Å². The quantitative estimate of drug-likeness (QED) is 0.355. The van der Waals surface area contributed by atoms with Crippen LogP contribution in [-0.2, 0) is 11.8 Å². The van der Waals surface area contributed by atoms with Crippen LogP contribution < -0.4 is 10.6 Å². The van der Waals surface area contributed by atoms with E-state index in [1.165, 1.54) is 12.1 Å². The first-order chi connectivity index (χ1) is 18.8. The van der Waals surface area contributed by atoms with Gasteiger partial charge in [-0.25, -0.2) is 18.3 Å². The van der Waals surface area contributed by atoms with Crippen molar-refractivity contribution in [1.82, 2.24) is 29.8 Å². The normalized spacial score (nSPS) is 17.5. The Kier molecular flexibility index (Phi) is 7.71. The number of nitrogens with zero attached hydrogens (tertiary/aromatic N) is 5. The molecule has 2 N–H and O–H groups in total. The van der Waals surface area contributed by atoms with Crippen LogP contribution in [0.5, 0.6) is 0 Å². The lowest BCUT2D eigenvalue weighted by molar-refractivity contribution is 0.159. The van der Waals surface area contributed by atoms with Gasteiger partial charge in [-0.1, -0.05) is 24.3 Å². The first kappa shape index (κ1) is 26.5. The van der Waals surface area contributed by atoms with Crippen LogP contribution in [0.25, 0.3) is 16.9 Å². The number of methoxy groups -OCH3 is 1. The summed E-state index contributed by atoms with van der Waals surface area (Å²) in [6.45, 7) is 4.02. The second-order valence-electron chi connectivity index (χ2n) is 9.70. The number of rotatable bonds is 8. The van der Waals surface area contributed by atoms with Crippen molar-refractivity contribution in [2.75, 3.05) is 38.7 Å². The number of aryl methyl sites for hydroxylation is 1. The predicted octanol–water partition coefficient (Wildman–Crippen LogP) is 4.10. The number of nitrogens with one attached hydrogen (secondary N) is 2. The maximum Gasteiger partial charge on any atom is 0.320 e. The molecular formula is C28H31F2N7O2. The Labute approximate surface area is 225 Å². The summed E-state index contributed by atoms with van der Waals surface area (Å²) in [6, 6.07) is 12.2. The van der Waals surface area contributed by atoms with E-state index in [2.05, 4.69) is 20.6 Å². The zero-order valence-electron chi connectivity index (χ0n) is 22.1. The SMILES string of the molecule is COCCN1CC(NC(=O)Nc2c(C)c(-c3cnn(C)c3)nn2-c2ccccc2)C(c2ccc(F)cc2F)C1. The average Bonchev–Trinajstić information content (AvgIpc) is 3.61. The van der Waals surface area contributed by atoms with E-state index in [-0.39, 0.29) is 5.92 Å². The van der Waals surface area contributed by atoms with Gasteiger partial charge in [0.15, 0.2) is 0 Å². The van der Waals surface area contributed by atoms with Crippen LogP contribution in [0.4, 0.5) is 19.4 Å². The molecule has 39 heavy (non-hydrogen) atoms. The fourth-order valence-corrected chi connectivity index (χ4v) is 5.08. The molecule has 1 saturated heterocycles. The van der Waals surface area contributed by atoms with Gasteiger partial charge in [-0.15, -0.1) is 0 Å². The third-order valence-electron chi connectivity index (χ3n) is 7.02. The van der Waals surface area contributed by atoms with Gasteiger partial charge in [-0.2, -0.15) is 10.2 Å². The summed E-state index contributed by atoms with van der Waals surface area (Å²) in [5.41, 5.74) is 3.44. The van der Waals surface area contributed by atoms with Crippen molar-refractivity contribution in [3.05, 3.63) is 83.7 Å². The zero-order valence-corrected chi connectivity index (χ0v) is 22.1. The fraction of sp³-hybridized carbons (Fsp3) is 0.321. The third-order valence-corrected chi connectivity index (χ3v) is 7.02. The van der Waals surface area contributed by atoms with Crippen LogP contribution in [0, 0.1) is 18.6 Å². The molecule has 3 heterocycles. The number of hydrogen-bond donors (Lipinski definition) is 2. The molecule has 2 amide bonds. The van der Waals surface area contributed by atoms with Crippen molar-refractivity contribution in [3.63, 3.8) is 0 Å². The molecule has 5 rings (SSSR count). The van der Waals surface area contributed by atoms with E-state index in [9.17, 15) is 13.6 Å². The standard InChI is InChI=1S/C28H31F2N7O2/c1-18-26(19-14-31-35(2)15-19)34-37(21-7-5-4-6-8-21)27(18)33-28(38)32-25-17-36(11-12-39-3)16-23(25)22-10-9-20(29)13-24(22)30/h4-10,13-15,23,25H,11-12,16-17H2,1-3H3,(H2,32,33,38). The number of aromatic nitrogens is 4. The lowest BCUT2D eigenvalue weighted by Crippen LogP contribution is -2.42. The van der Waals surface area contributed by atoms with Gasteiger partial charge in [0, 0.05) is 63.1 Å². The van der Waals surface area contributed by atoms with Crippen molar-refractivity contribution in [1.29, 1.82) is 0 Å². The van der Waals surface area contributed by atoms with E-state index in [0.29, 0.717) is 43.3 Å². The number of halogens is 2. The molecule has 1 aliphatic heterocycles. The molecular weight excluding hydrogens is 504 g/mol. The molecule has 9 nitrogen and oxygen atoms in total. The molecule has 204 valence electrons. The maximum absolute atomic E-state index is 14.8. The number of benzene rings is 2. The van der Waals surface area contributed by atoms with Crippen molar-refractivity contribution in [3.8, 4) is 16.9 Å². The highest BCUT2D eigenvalue weighted by atomic mass is 19.1. The molecule has 2 aromatic heterocycles. The number of urea groups is 1. The Bertz CT molecular complexity index is 1450. The highest BCUT2D eigenvalue weighted by Crippen LogP contribution is 2.32. The van der Waals surface area contributed by atoms with E-state index in [1.807, 2.05) is 50.5 Å². The Morgan fingerprint density at radius 2 is 1.95 bits per heavy atom. The zero-order chi connectivity index (χ0) is 27.5. The Balaban J connectivity index is 1.42. The van der Waals surface area contributed by atoms with E-state index < -0.39 is 23.7 Å².